The Labute approximate surface area is 180 Å². The lowest BCUT2D eigenvalue weighted by Crippen LogP contribution is -2.49. The predicted octanol–water partition coefficient (Wildman–Crippen LogP) is 3.20. The Morgan fingerprint density at radius 1 is 1.00 bits per heavy atom. The number of nitrogens with zero attached hydrogens (tertiary/aromatic N) is 5. The van der Waals surface area contributed by atoms with Gasteiger partial charge in [-0.2, -0.15) is 22.5 Å². The van der Waals surface area contributed by atoms with E-state index in [9.17, 15) is 21.6 Å². The molecule has 1 fully saturated rings. The van der Waals surface area contributed by atoms with Gasteiger partial charge >= 0.3 is 6.18 Å². The van der Waals surface area contributed by atoms with Gasteiger partial charge in [0.15, 0.2) is 5.69 Å². The number of aromatic nitrogens is 2. The maximum atomic E-state index is 13.2. The molecular weight excluding hydrogens is 431 g/mol. The molecule has 1 aromatic carbocycles. The summed E-state index contributed by atoms with van der Waals surface area (Å²) in [4.78, 5) is 11.1. The highest BCUT2D eigenvalue weighted by Crippen LogP contribution is 2.31. The molecule has 11 heteroatoms. The van der Waals surface area contributed by atoms with Crippen LogP contribution in [-0.2, 0) is 16.2 Å². The van der Waals surface area contributed by atoms with Crippen LogP contribution in [0.2, 0.25) is 0 Å². The van der Waals surface area contributed by atoms with Crippen molar-refractivity contribution in [3.8, 4) is 0 Å². The van der Waals surface area contributed by atoms with Gasteiger partial charge in [-0.15, -0.1) is 0 Å². The van der Waals surface area contributed by atoms with Gasteiger partial charge < -0.3 is 9.80 Å². The van der Waals surface area contributed by atoms with Crippen molar-refractivity contribution in [1.82, 2.24) is 14.3 Å². The maximum absolute atomic E-state index is 13.2. The number of rotatable bonds is 5. The lowest BCUT2D eigenvalue weighted by atomic mass is 10.0. The van der Waals surface area contributed by atoms with Crippen molar-refractivity contribution in [3.05, 3.63) is 41.6 Å². The highest BCUT2D eigenvalue weighted by Gasteiger charge is 2.35. The van der Waals surface area contributed by atoms with E-state index in [1.165, 1.54) is 9.21 Å². The van der Waals surface area contributed by atoms with Gasteiger partial charge in [0, 0.05) is 46.3 Å². The van der Waals surface area contributed by atoms with Gasteiger partial charge in [-0.3, -0.25) is 0 Å². The molecule has 0 saturated carbocycles. The number of piperazine rings is 1. The Morgan fingerprint density at radius 3 is 2.06 bits per heavy atom. The van der Waals surface area contributed by atoms with Crippen LogP contribution >= 0.6 is 0 Å². The van der Waals surface area contributed by atoms with E-state index in [-0.39, 0.29) is 42.8 Å². The quantitative estimate of drug-likeness (QED) is 0.687. The van der Waals surface area contributed by atoms with Gasteiger partial charge in [-0.25, -0.2) is 13.4 Å². The molecule has 1 aliphatic rings. The van der Waals surface area contributed by atoms with Gasteiger partial charge in [0.25, 0.3) is 0 Å². The van der Waals surface area contributed by atoms with E-state index < -0.39 is 21.9 Å². The third kappa shape index (κ3) is 5.09. The van der Waals surface area contributed by atoms with Crippen LogP contribution < -0.4 is 9.80 Å². The van der Waals surface area contributed by atoms with Crippen LogP contribution in [0.5, 0.6) is 0 Å². The van der Waals surface area contributed by atoms with Crippen molar-refractivity contribution in [3.63, 3.8) is 0 Å². The second-order valence-corrected chi connectivity index (χ2v) is 9.86. The first-order chi connectivity index (χ1) is 14.4. The molecule has 0 N–H and O–H groups in total. The molecule has 0 bridgehead atoms. The van der Waals surface area contributed by atoms with Crippen molar-refractivity contribution < 1.29 is 21.6 Å². The molecule has 170 valence electrons. The van der Waals surface area contributed by atoms with E-state index in [0.29, 0.717) is 5.92 Å². The fraction of sp³-hybridized carbons (Fsp3) is 0.500. The molecule has 31 heavy (non-hydrogen) atoms. The number of hydrogen-bond donors (Lipinski definition) is 0. The molecule has 0 atom stereocenters. The number of sulfonamides is 1. The van der Waals surface area contributed by atoms with Crippen LogP contribution in [0, 0.1) is 0 Å². The van der Waals surface area contributed by atoms with Crippen molar-refractivity contribution >= 4 is 21.8 Å². The van der Waals surface area contributed by atoms with Crippen LogP contribution in [0.3, 0.4) is 0 Å². The Balaban J connectivity index is 1.78. The van der Waals surface area contributed by atoms with E-state index in [2.05, 4.69) is 9.97 Å². The van der Waals surface area contributed by atoms with Gasteiger partial charge in [0.2, 0.25) is 16.0 Å². The molecule has 0 unspecified atom stereocenters. The van der Waals surface area contributed by atoms with Gasteiger partial charge in [-0.1, -0.05) is 26.0 Å². The molecule has 7 nitrogen and oxygen atoms in total. The molecule has 2 heterocycles. The lowest BCUT2D eigenvalue weighted by molar-refractivity contribution is -0.141. The summed E-state index contributed by atoms with van der Waals surface area (Å²) in [5.74, 6) is 0.370. The number of alkyl halides is 3. The van der Waals surface area contributed by atoms with E-state index in [1.54, 1.807) is 43.3 Å². The van der Waals surface area contributed by atoms with Crippen molar-refractivity contribution in [2.24, 2.45) is 0 Å². The summed E-state index contributed by atoms with van der Waals surface area (Å²) in [5, 5.41) is 0. The molecule has 1 aromatic heterocycles. The third-order valence-electron chi connectivity index (χ3n) is 5.16. The summed E-state index contributed by atoms with van der Waals surface area (Å²) < 4.78 is 67.0. The van der Waals surface area contributed by atoms with Crippen molar-refractivity contribution in [2.45, 2.75) is 30.8 Å². The Kier molecular flexibility index (Phi) is 6.47. The van der Waals surface area contributed by atoms with Crippen molar-refractivity contribution in [1.29, 1.82) is 0 Å². The summed E-state index contributed by atoms with van der Waals surface area (Å²) in [6.07, 6.45) is -4.60. The first-order valence-corrected chi connectivity index (χ1v) is 11.3. The molecular formula is C20H26F3N5O2S. The minimum atomic E-state index is -4.60. The van der Waals surface area contributed by atoms with E-state index in [0.717, 1.165) is 11.6 Å². The Hall–Kier alpha value is -2.40. The zero-order chi connectivity index (χ0) is 23.0. The summed E-state index contributed by atoms with van der Waals surface area (Å²) >= 11 is 0. The zero-order valence-corrected chi connectivity index (χ0v) is 18.7. The van der Waals surface area contributed by atoms with E-state index in [4.69, 9.17) is 0 Å². The fourth-order valence-corrected chi connectivity index (χ4v) is 4.66. The van der Waals surface area contributed by atoms with Crippen LogP contribution in [0.4, 0.5) is 24.9 Å². The molecule has 2 aromatic rings. The zero-order valence-electron chi connectivity index (χ0n) is 17.9. The highest BCUT2D eigenvalue weighted by molar-refractivity contribution is 7.89. The van der Waals surface area contributed by atoms with Gasteiger partial charge in [0.1, 0.15) is 5.82 Å². The number of halogens is 3. The van der Waals surface area contributed by atoms with Crippen LogP contribution in [0.15, 0.2) is 35.2 Å². The summed E-state index contributed by atoms with van der Waals surface area (Å²) in [6.45, 7) is 4.70. The van der Waals surface area contributed by atoms with Gasteiger partial charge in [0.05, 0.1) is 4.90 Å². The van der Waals surface area contributed by atoms with Crippen molar-refractivity contribution in [2.75, 3.05) is 50.1 Å². The largest absolute Gasteiger partial charge is 0.433 e. The SMILES string of the molecule is CC(C)c1ccc(S(=O)(=O)N2CCN(c3nc(N(C)C)cc(C(F)(F)F)n3)CC2)cc1. The van der Waals surface area contributed by atoms with Crippen LogP contribution in [-0.4, -0.2) is 63.0 Å². The molecule has 0 radical (unpaired) electrons. The second kappa shape index (κ2) is 8.62. The summed E-state index contributed by atoms with van der Waals surface area (Å²) in [5.41, 5.74) is 0.0173. The topological polar surface area (TPSA) is 69.6 Å². The number of hydrogen-bond acceptors (Lipinski definition) is 6. The highest BCUT2D eigenvalue weighted by atomic mass is 32.2. The normalized spacial score (nSPS) is 16.1. The van der Waals surface area contributed by atoms with E-state index in [1.807, 2.05) is 13.8 Å². The first kappa shape index (κ1) is 23.3. The average Bonchev–Trinajstić information content (AvgIpc) is 2.73. The van der Waals surface area contributed by atoms with E-state index >= 15 is 0 Å². The fourth-order valence-electron chi connectivity index (χ4n) is 3.24. The smallest absolute Gasteiger partial charge is 0.363 e. The molecule has 3 rings (SSSR count). The second-order valence-electron chi connectivity index (χ2n) is 7.92. The molecule has 1 aliphatic heterocycles. The summed E-state index contributed by atoms with van der Waals surface area (Å²) in [6, 6.07) is 7.68. The Morgan fingerprint density at radius 2 is 1.58 bits per heavy atom. The number of anilines is 2. The monoisotopic (exact) mass is 457 g/mol. The van der Waals surface area contributed by atoms with Gasteiger partial charge in [-0.05, 0) is 23.6 Å². The van der Waals surface area contributed by atoms with Crippen LogP contribution in [0.1, 0.15) is 31.0 Å². The predicted molar refractivity (Wildman–Crippen MR) is 113 cm³/mol. The maximum Gasteiger partial charge on any atom is 0.433 e. The lowest BCUT2D eigenvalue weighted by Gasteiger charge is -2.34. The molecule has 0 spiro atoms. The molecule has 1 saturated heterocycles. The third-order valence-corrected chi connectivity index (χ3v) is 7.07. The molecule has 0 amide bonds. The molecule has 0 aliphatic carbocycles. The average molecular weight is 458 g/mol. The minimum Gasteiger partial charge on any atom is -0.363 e. The standard InChI is InChI=1S/C20H26F3N5O2S/c1-14(2)15-5-7-16(8-6-15)31(29,30)28-11-9-27(10-12-28)19-24-17(20(21,22)23)13-18(25-19)26(3)4/h5-8,13-14H,9-12H2,1-4H3. The first-order valence-electron chi connectivity index (χ1n) is 9.88. The van der Waals surface area contributed by atoms with Crippen LogP contribution in [0.25, 0.3) is 0 Å². The Bertz CT molecular complexity index is 1020. The number of benzene rings is 1. The summed E-state index contributed by atoms with van der Waals surface area (Å²) in [7, 11) is -0.488. The minimum absolute atomic E-state index is 0.0585.